The smallest absolute Gasteiger partial charge is 0.189 e. The van der Waals surface area contributed by atoms with E-state index in [0.29, 0.717) is 22.0 Å². The summed E-state index contributed by atoms with van der Waals surface area (Å²) in [5.74, 6) is -0.0392. The first-order chi connectivity index (χ1) is 12.1. The van der Waals surface area contributed by atoms with Crippen LogP contribution < -0.4 is 10.1 Å². The van der Waals surface area contributed by atoms with E-state index in [1.165, 1.54) is 18.9 Å². The molecule has 0 atom stereocenters. The standard InChI is InChI=1S/C19H19ClFNO2S/c20-16-7-3-4-8-18(16)22-19(25)15-10-9-14(11-17(15)21)24-12-23-13-5-1-2-6-13/h3-4,7-11,13H,1-2,5-6,12H2,(H,22,25). The van der Waals surface area contributed by atoms with Gasteiger partial charge in [-0.05, 0) is 37.1 Å². The van der Waals surface area contributed by atoms with Gasteiger partial charge in [0, 0.05) is 11.6 Å². The topological polar surface area (TPSA) is 30.5 Å². The van der Waals surface area contributed by atoms with E-state index in [1.807, 2.05) is 12.1 Å². The summed E-state index contributed by atoms with van der Waals surface area (Å²) in [6.07, 6.45) is 4.79. The fraction of sp³-hybridized carbons (Fsp3) is 0.316. The Bertz CT molecular complexity index is 750. The lowest BCUT2D eigenvalue weighted by molar-refractivity contribution is -0.0325. The molecule has 3 rings (SSSR count). The van der Waals surface area contributed by atoms with Crippen molar-refractivity contribution in [3.05, 3.63) is 58.9 Å². The maximum Gasteiger partial charge on any atom is 0.189 e. The molecule has 0 bridgehead atoms. The van der Waals surface area contributed by atoms with Gasteiger partial charge in [0.05, 0.1) is 16.8 Å². The Kier molecular flexibility index (Phi) is 6.24. The lowest BCUT2D eigenvalue weighted by atomic mass is 10.2. The average Bonchev–Trinajstić information content (AvgIpc) is 3.10. The van der Waals surface area contributed by atoms with Crippen molar-refractivity contribution in [1.29, 1.82) is 0 Å². The second kappa shape index (κ2) is 8.61. The average molecular weight is 380 g/mol. The number of hydrogen-bond acceptors (Lipinski definition) is 3. The Labute approximate surface area is 157 Å². The van der Waals surface area contributed by atoms with Crippen LogP contribution in [-0.2, 0) is 4.74 Å². The van der Waals surface area contributed by atoms with Crippen LogP contribution in [0.1, 0.15) is 31.2 Å². The van der Waals surface area contributed by atoms with Gasteiger partial charge in [-0.15, -0.1) is 0 Å². The van der Waals surface area contributed by atoms with E-state index < -0.39 is 5.82 Å². The number of halogens is 2. The van der Waals surface area contributed by atoms with Gasteiger partial charge in [0.1, 0.15) is 16.6 Å². The largest absolute Gasteiger partial charge is 0.467 e. The lowest BCUT2D eigenvalue weighted by Gasteiger charge is -2.14. The van der Waals surface area contributed by atoms with Gasteiger partial charge in [-0.3, -0.25) is 0 Å². The highest BCUT2D eigenvalue weighted by Crippen LogP contribution is 2.24. The monoisotopic (exact) mass is 379 g/mol. The predicted molar refractivity (Wildman–Crippen MR) is 102 cm³/mol. The summed E-state index contributed by atoms with van der Waals surface area (Å²) in [7, 11) is 0. The molecule has 0 aliphatic heterocycles. The molecule has 2 aromatic carbocycles. The Morgan fingerprint density at radius 2 is 1.96 bits per heavy atom. The van der Waals surface area contributed by atoms with E-state index >= 15 is 0 Å². The third-order valence-electron chi connectivity index (χ3n) is 4.14. The number of ether oxygens (including phenoxy) is 2. The lowest BCUT2D eigenvalue weighted by Crippen LogP contribution is -2.14. The van der Waals surface area contributed by atoms with Crippen LogP contribution in [0.15, 0.2) is 42.5 Å². The van der Waals surface area contributed by atoms with Crippen LogP contribution in [-0.4, -0.2) is 17.9 Å². The highest BCUT2D eigenvalue weighted by Gasteiger charge is 2.15. The molecule has 1 aliphatic rings. The van der Waals surface area contributed by atoms with E-state index in [1.54, 1.807) is 24.3 Å². The first-order valence-electron chi connectivity index (χ1n) is 8.23. The van der Waals surface area contributed by atoms with Crippen LogP contribution in [0.3, 0.4) is 0 Å². The summed E-state index contributed by atoms with van der Waals surface area (Å²) in [6, 6.07) is 11.7. The van der Waals surface area contributed by atoms with Crippen LogP contribution in [0.5, 0.6) is 5.75 Å². The molecule has 0 unspecified atom stereocenters. The molecule has 0 heterocycles. The van der Waals surface area contributed by atoms with Gasteiger partial charge in [-0.1, -0.05) is 48.8 Å². The highest BCUT2D eigenvalue weighted by atomic mass is 35.5. The fourth-order valence-corrected chi connectivity index (χ4v) is 3.23. The van der Waals surface area contributed by atoms with Crippen molar-refractivity contribution in [1.82, 2.24) is 0 Å². The second-order valence-electron chi connectivity index (χ2n) is 5.91. The Morgan fingerprint density at radius 3 is 2.68 bits per heavy atom. The molecule has 0 spiro atoms. The van der Waals surface area contributed by atoms with E-state index in [0.717, 1.165) is 12.8 Å². The normalized spacial score (nSPS) is 14.5. The highest BCUT2D eigenvalue weighted by molar-refractivity contribution is 7.81. The molecule has 0 aromatic heterocycles. The van der Waals surface area contributed by atoms with E-state index in [4.69, 9.17) is 33.3 Å². The zero-order valence-electron chi connectivity index (χ0n) is 13.6. The molecule has 2 aromatic rings. The first-order valence-corrected chi connectivity index (χ1v) is 9.02. The molecule has 1 fully saturated rings. The Balaban J connectivity index is 1.59. The molecule has 3 nitrogen and oxygen atoms in total. The predicted octanol–water partition coefficient (Wildman–Crippen LogP) is 5.56. The van der Waals surface area contributed by atoms with Crippen LogP contribution >= 0.6 is 23.8 Å². The number of nitrogens with one attached hydrogen (secondary N) is 1. The third kappa shape index (κ3) is 4.91. The fourth-order valence-electron chi connectivity index (χ4n) is 2.78. The third-order valence-corrected chi connectivity index (χ3v) is 4.79. The summed E-state index contributed by atoms with van der Waals surface area (Å²) >= 11 is 11.4. The van der Waals surface area contributed by atoms with Crippen molar-refractivity contribution in [2.24, 2.45) is 0 Å². The van der Waals surface area contributed by atoms with Crippen molar-refractivity contribution in [2.75, 3.05) is 12.1 Å². The van der Waals surface area contributed by atoms with Gasteiger partial charge in [0.2, 0.25) is 0 Å². The quantitative estimate of drug-likeness (QED) is 0.525. The van der Waals surface area contributed by atoms with Gasteiger partial charge >= 0.3 is 0 Å². The summed E-state index contributed by atoms with van der Waals surface area (Å²) in [5.41, 5.74) is 0.929. The molecule has 1 N–H and O–H groups in total. The number of thiocarbonyl (C=S) groups is 1. The minimum Gasteiger partial charge on any atom is -0.467 e. The molecule has 25 heavy (non-hydrogen) atoms. The molecule has 0 amide bonds. The van der Waals surface area contributed by atoms with E-state index in [2.05, 4.69) is 5.32 Å². The van der Waals surface area contributed by atoms with Gasteiger partial charge in [-0.2, -0.15) is 0 Å². The number of anilines is 1. The molecular weight excluding hydrogens is 361 g/mol. The SMILES string of the molecule is Fc1cc(OCOC2CCCC2)ccc1C(=S)Nc1ccccc1Cl. The van der Waals surface area contributed by atoms with Crippen LogP contribution in [0, 0.1) is 5.82 Å². The molecule has 132 valence electrons. The molecule has 1 aliphatic carbocycles. The molecule has 1 saturated carbocycles. The minimum absolute atomic E-state index is 0.131. The second-order valence-corrected chi connectivity index (χ2v) is 6.73. The first kappa shape index (κ1) is 18.1. The van der Waals surface area contributed by atoms with Gasteiger partial charge in [0.25, 0.3) is 0 Å². The zero-order valence-corrected chi connectivity index (χ0v) is 15.2. The number of hydrogen-bond donors (Lipinski definition) is 1. The zero-order chi connectivity index (χ0) is 17.6. The molecule has 0 radical (unpaired) electrons. The maximum absolute atomic E-state index is 14.4. The molecular formula is C19H19ClFNO2S. The number of rotatable bonds is 6. The maximum atomic E-state index is 14.4. The number of benzene rings is 2. The summed E-state index contributed by atoms with van der Waals surface area (Å²) in [4.78, 5) is 0.263. The van der Waals surface area contributed by atoms with Gasteiger partial charge in [-0.25, -0.2) is 4.39 Å². The summed E-state index contributed by atoms with van der Waals surface area (Å²) in [6.45, 7) is 0.131. The summed E-state index contributed by atoms with van der Waals surface area (Å²) < 4.78 is 25.4. The van der Waals surface area contributed by atoms with E-state index in [-0.39, 0.29) is 17.9 Å². The summed E-state index contributed by atoms with van der Waals surface area (Å²) in [5, 5.41) is 3.48. The van der Waals surface area contributed by atoms with Crippen LogP contribution in [0.4, 0.5) is 10.1 Å². The Morgan fingerprint density at radius 1 is 1.20 bits per heavy atom. The van der Waals surface area contributed by atoms with Crippen molar-refractivity contribution >= 4 is 34.5 Å². The van der Waals surface area contributed by atoms with Crippen LogP contribution in [0.2, 0.25) is 5.02 Å². The van der Waals surface area contributed by atoms with Crippen molar-refractivity contribution in [2.45, 2.75) is 31.8 Å². The van der Waals surface area contributed by atoms with Gasteiger partial charge < -0.3 is 14.8 Å². The van der Waals surface area contributed by atoms with Crippen LogP contribution in [0.25, 0.3) is 0 Å². The van der Waals surface area contributed by atoms with Crippen molar-refractivity contribution < 1.29 is 13.9 Å². The number of para-hydroxylation sites is 1. The van der Waals surface area contributed by atoms with Crippen molar-refractivity contribution in [3.8, 4) is 5.75 Å². The Hall–Kier alpha value is -1.69. The molecule has 6 heteroatoms. The van der Waals surface area contributed by atoms with Crippen molar-refractivity contribution in [3.63, 3.8) is 0 Å². The van der Waals surface area contributed by atoms with Gasteiger partial charge in [0.15, 0.2) is 6.79 Å². The van der Waals surface area contributed by atoms with E-state index in [9.17, 15) is 4.39 Å². The minimum atomic E-state index is -0.456. The molecule has 0 saturated heterocycles.